The highest BCUT2D eigenvalue weighted by Crippen LogP contribution is 2.34. The molecule has 2 aliphatic rings. The van der Waals surface area contributed by atoms with Crippen LogP contribution in [0.3, 0.4) is 0 Å². The SMILES string of the molecule is CC1Oc2ccc(C=O)cc2N(CC(=O)N2CCOCC2)C1=O. The van der Waals surface area contributed by atoms with Crippen molar-refractivity contribution in [3.05, 3.63) is 23.8 Å². The van der Waals surface area contributed by atoms with Crippen molar-refractivity contribution in [1.82, 2.24) is 4.90 Å². The van der Waals surface area contributed by atoms with Crippen LogP contribution in [0.2, 0.25) is 0 Å². The van der Waals surface area contributed by atoms with E-state index in [4.69, 9.17) is 9.47 Å². The molecule has 1 aromatic carbocycles. The third-order valence-electron chi connectivity index (χ3n) is 3.98. The summed E-state index contributed by atoms with van der Waals surface area (Å²) in [6, 6.07) is 4.84. The van der Waals surface area contributed by atoms with E-state index >= 15 is 0 Å². The largest absolute Gasteiger partial charge is 0.479 e. The van der Waals surface area contributed by atoms with Crippen LogP contribution in [-0.2, 0) is 14.3 Å². The lowest BCUT2D eigenvalue weighted by Crippen LogP contribution is -2.51. The van der Waals surface area contributed by atoms with Gasteiger partial charge >= 0.3 is 0 Å². The van der Waals surface area contributed by atoms with Gasteiger partial charge in [-0.1, -0.05) is 0 Å². The van der Waals surface area contributed by atoms with Gasteiger partial charge in [-0.2, -0.15) is 0 Å². The second-order valence-electron chi connectivity index (χ2n) is 5.52. The fourth-order valence-electron chi connectivity index (χ4n) is 2.71. The molecule has 1 saturated heterocycles. The molecule has 1 unspecified atom stereocenters. The smallest absolute Gasteiger partial charge is 0.268 e. The molecule has 2 heterocycles. The lowest BCUT2D eigenvalue weighted by atomic mass is 10.1. The van der Waals surface area contributed by atoms with Crippen molar-refractivity contribution >= 4 is 23.8 Å². The average molecular weight is 318 g/mol. The van der Waals surface area contributed by atoms with Crippen LogP contribution in [0.25, 0.3) is 0 Å². The third kappa shape index (κ3) is 3.05. The molecule has 1 fully saturated rings. The van der Waals surface area contributed by atoms with Crippen LogP contribution >= 0.6 is 0 Å². The molecule has 0 aromatic heterocycles. The van der Waals surface area contributed by atoms with Gasteiger partial charge in [0.1, 0.15) is 18.6 Å². The number of hydrogen-bond acceptors (Lipinski definition) is 5. The van der Waals surface area contributed by atoms with Crippen molar-refractivity contribution < 1.29 is 23.9 Å². The Labute approximate surface area is 133 Å². The molecule has 0 radical (unpaired) electrons. The molecule has 122 valence electrons. The monoisotopic (exact) mass is 318 g/mol. The number of ether oxygens (including phenoxy) is 2. The molecule has 0 bridgehead atoms. The van der Waals surface area contributed by atoms with Crippen LogP contribution in [0, 0.1) is 0 Å². The minimum absolute atomic E-state index is 0.0676. The van der Waals surface area contributed by atoms with Crippen molar-refractivity contribution in [2.75, 3.05) is 37.7 Å². The van der Waals surface area contributed by atoms with Crippen LogP contribution in [0.15, 0.2) is 18.2 Å². The number of hydrogen-bond donors (Lipinski definition) is 0. The van der Waals surface area contributed by atoms with E-state index in [-0.39, 0.29) is 18.4 Å². The van der Waals surface area contributed by atoms with Crippen LogP contribution in [0.1, 0.15) is 17.3 Å². The van der Waals surface area contributed by atoms with E-state index in [0.29, 0.717) is 49.6 Å². The van der Waals surface area contributed by atoms with Crippen molar-refractivity contribution in [3.8, 4) is 5.75 Å². The van der Waals surface area contributed by atoms with Crippen LogP contribution in [0.4, 0.5) is 5.69 Å². The number of carbonyl (C=O) groups excluding carboxylic acids is 3. The highest BCUT2D eigenvalue weighted by molar-refractivity contribution is 6.04. The molecule has 23 heavy (non-hydrogen) atoms. The summed E-state index contributed by atoms with van der Waals surface area (Å²) < 4.78 is 10.8. The first kappa shape index (κ1) is 15.5. The topological polar surface area (TPSA) is 76.2 Å². The summed E-state index contributed by atoms with van der Waals surface area (Å²) in [5.41, 5.74) is 0.887. The van der Waals surface area contributed by atoms with Gasteiger partial charge in [0.15, 0.2) is 6.10 Å². The molecular weight excluding hydrogens is 300 g/mol. The Kier molecular flexibility index (Phi) is 4.29. The molecule has 7 nitrogen and oxygen atoms in total. The van der Waals surface area contributed by atoms with E-state index in [2.05, 4.69) is 0 Å². The quantitative estimate of drug-likeness (QED) is 0.757. The normalized spacial score (nSPS) is 20.7. The molecular formula is C16H18N2O5. The standard InChI is InChI=1S/C16H18N2O5/c1-11-16(21)18(9-15(20)17-4-6-22-7-5-17)13-8-12(10-19)2-3-14(13)23-11/h2-3,8,10-11H,4-7,9H2,1H3. The number of carbonyl (C=O) groups is 3. The predicted octanol–water partition coefficient (Wildman–Crippen LogP) is 0.472. The van der Waals surface area contributed by atoms with Crippen LogP contribution in [-0.4, -0.2) is 62.0 Å². The lowest BCUT2D eigenvalue weighted by Gasteiger charge is -2.35. The van der Waals surface area contributed by atoms with E-state index in [9.17, 15) is 14.4 Å². The van der Waals surface area contributed by atoms with Crippen molar-refractivity contribution in [3.63, 3.8) is 0 Å². The number of amides is 2. The molecule has 0 aliphatic carbocycles. The summed E-state index contributed by atoms with van der Waals surface area (Å²) in [5.74, 6) is 0.0674. The molecule has 2 aliphatic heterocycles. The number of aldehydes is 1. The molecule has 1 aromatic rings. The van der Waals surface area contributed by atoms with Gasteiger partial charge in [0.2, 0.25) is 5.91 Å². The van der Waals surface area contributed by atoms with Gasteiger partial charge in [-0.3, -0.25) is 19.3 Å². The van der Waals surface area contributed by atoms with Crippen molar-refractivity contribution in [1.29, 1.82) is 0 Å². The zero-order valence-electron chi connectivity index (χ0n) is 12.9. The van der Waals surface area contributed by atoms with E-state index in [1.54, 1.807) is 30.0 Å². The predicted molar refractivity (Wildman–Crippen MR) is 81.7 cm³/mol. The van der Waals surface area contributed by atoms with Gasteiger partial charge < -0.3 is 14.4 Å². The van der Waals surface area contributed by atoms with Crippen LogP contribution in [0.5, 0.6) is 5.75 Å². The number of morpholine rings is 1. The van der Waals surface area contributed by atoms with Gasteiger partial charge in [0, 0.05) is 18.7 Å². The Hall–Kier alpha value is -2.41. The molecule has 2 amide bonds. The summed E-state index contributed by atoms with van der Waals surface area (Å²) >= 11 is 0. The molecule has 7 heteroatoms. The fraction of sp³-hybridized carbons (Fsp3) is 0.438. The van der Waals surface area contributed by atoms with E-state index < -0.39 is 6.10 Å². The average Bonchev–Trinajstić information content (AvgIpc) is 2.59. The van der Waals surface area contributed by atoms with Crippen molar-refractivity contribution in [2.24, 2.45) is 0 Å². The summed E-state index contributed by atoms with van der Waals surface area (Å²) in [7, 11) is 0. The second kappa shape index (κ2) is 6.37. The Morgan fingerprint density at radius 3 is 2.78 bits per heavy atom. The van der Waals surface area contributed by atoms with Gasteiger partial charge in [0.05, 0.1) is 18.9 Å². The summed E-state index contributed by atoms with van der Waals surface area (Å²) in [5, 5.41) is 0. The first-order chi connectivity index (χ1) is 11.1. The Morgan fingerprint density at radius 2 is 2.09 bits per heavy atom. The van der Waals surface area contributed by atoms with Gasteiger partial charge in [-0.25, -0.2) is 0 Å². The van der Waals surface area contributed by atoms with Crippen molar-refractivity contribution in [2.45, 2.75) is 13.0 Å². The number of benzene rings is 1. The fourth-order valence-corrected chi connectivity index (χ4v) is 2.71. The maximum absolute atomic E-state index is 12.4. The summed E-state index contributed by atoms with van der Waals surface area (Å²) in [6.07, 6.45) is 0.0344. The maximum atomic E-state index is 12.4. The summed E-state index contributed by atoms with van der Waals surface area (Å²) in [6.45, 7) is 3.63. The second-order valence-corrected chi connectivity index (χ2v) is 5.52. The molecule has 0 spiro atoms. The maximum Gasteiger partial charge on any atom is 0.268 e. The third-order valence-corrected chi connectivity index (χ3v) is 3.98. The van der Waals surface area contributed by atoms with Gasteiger partial charge in [0.25, 0.3) is 5.91 Å². The highest BCUT2D eigenvalue weighted by Gasteiger charge is 2.34. The number of nitrogens with zero attached hydrogens (tertiary/aromatic N) is 2. The Balaban J connectivity index is 1.86. The zero-order chi connectivity index (χ0) is 16.4. The summed E-state index contributed by atoms with van der Waals surface area (Å²) in [4.78, 5) is 38.9. The Morgan fingerprint density at radius 1 is 1.35 bits per heavy atom. The van der Waals surface area contributed by atoms with E-state index in [0.717, 1.165) is 0 Å². The lowest BCUT2D eigenvalue weighted by molar-refractivity contribution is -0.136. The van der Waals surface area contributed by atoms with E-state index in [1.807, 2.05) is 0 Å². The number of fused-ring (bicyclic) bond motifs is 1. The minimum Gasteiger partial charge on any atom is -0.479 e. The number of anilines is 1. The Bertz CT molecular complexity index is 639. The highest BCUT2D eigenvalue weighted by atomic mass is 16.5. The molecule has 1 atom stereocenters. The molecule has 0 saturated carbocycles. The van der Waals surface area contributed by atoms with Gasteiger partial charge in [-0.05, 0) is 25.1 Å². The van der Waals surface area contributed by atoms with E-state index in [1.165, 1.54) is 4.90 Å². The zero-order valence-corrected chi connectivity index (χ0v) is 12.9. The first-order valence-corrected chi connectivity index (χ1v) is 7.53. The minimum atomic E-state index is -0.665. The number of rotatable bonds is 3. The molecule has 3 rings (SSSR count). The van der Waals surface area contributed by atoms with Gasteiger partial charge in [-0.15, -0.1) is 0 Å². The molecule has 0 N–H and O–H groups in total. The first-order valence-electron chi connectivity index (χ1n) is 7.53. The van der Waals surface area contributed by atoms with Crippen LogP contribution < -0.4 is 9.64 Å².